The maximum atomic E-state index is 3.94. The van der Waals surface area contributed by atoms with Crippen molar-refractivity contribution in [2.75, 3.05) is 13.1 Å². The van der Waals surface area contributed by atoms with Gasteiger partial charge < -0.3 is 4.57 Å². The fourth-order valence-electron chi connectivity index (χ4n) is 1.44. The Labute approximate surface area is 72.2 Å². The third-order valence-corrected chi connectivity index (χ3v) is 7.03. The van der Waals surface area contributed by atoms with E-state index in [-0.39, 0.29) is 0 Å². The molecule has 0 aliphatic carbocycles. The first-order chi connectivity index (χ1) is 5.14. The predicted octanol–water partition coefficient (Wildman–Crippen LogP) is 2.65. The Kier molecular flexibility index (Phi) is 4.69. The Morgan fingerprint density at radius 2 is 1.73 bits per heavy atom. The second kappa shape index (κ2) is 4.73. The molecule has 0 N–H and O–H groups in total. The van der Waals surface area contributed by atoms with E-state index in [0.717, 1.165) is 0 Å². The Bertz CT molecular complexity index is 121. The lowest BCUT2D eigenvalue weighted by atomic mass is 10.7. The summed E-state index contributed by atoms with van der Waals surface area (Å²) in [6.07, 6.45) is 0. The summed E-state index contributed by atoms with van der Waals surface area (Å²) in [5.41, 5.74) is 2.19. The molecule has 0 saturated carbocycles. The van der Waals surface area contributed by atoms with Gasteiger partial charge in [-0.05, 0) is 19.1 Å². The van der Waals surface area contributed by atoms with E-state index in [1.165, 1.54) is 19.1 Å². The van der Waals surface area contributed by atoms with Crippen LogP contribution in [0.25, 0.3) is 0 Å². The molecule has 0 spiro atoms. The van der Waals surface area contributed by atoms with Crippen LogP contribution in [0.2, 0.25) is 12.6 Å². The molecule has 0 aromatic rings. The summed E-state index contributed by atoms with van der Waals surface area (Å²) in [6.45, 7) is 15.4. The van der Waals surface area contributed by atoms with Crippen molar-refractivity contribution in [3.63, 3.8) is 0 Å². The van der Waals surface area contributed by atoms with Gasteiger partial charge in [0.15, 0.2) is 0 Å². The fraction of sp³-hybridized carbons (Fsp3) is 0.778. The smallest absolute Gasteiger partial charge is 0.149 e. The largest absolute Gasteiger partial charge is 0.321 e. The highest BCUT2D eigenvalue weighted by Crippen LogP contribution is 2.15. The molecule has 0 saturated heterocycles. The molecular formula is C9H21NSi. The lowest BCUT2D eigenvalue weighted by molar-refractivity contribution is 0.469. The summed E-state index contributed by atoms with van der Waals surface area (Å²) >= 11 is 0. The fourth-order valence-corrected chi connectivity index (χ4v) is 3.88. The van der Waals surface area contributed by atoms with Gasteiger partial charge in [-0.2, -0.15) is 0 Å². The molecule has 0 bridgehead atoms. The van der Waals surface area contributed by atoms with E-state index in [1.807, 2.05) is 0 Å². The second-order valence-electron chi connectivity index (χ2n) is 3.09. The number of rotatable bonds is 5. The topological polar surface area (TPSA) is 3.24 Å². The normalized spacial score (nSPS) is 16.5. The minimum absolute atomic E-state index is 1.17. The van der Waals surface area contributed by atoms with Gasteiger partial charge in [-0.25, -0.2) is 0 Å². The predicted molar refractivity (Wildman–Crippen MR) is 55.2 cm³/mol. The SMILES string of the molecule is C=C[Si](C)(CC)N(CC)CC. The Balaban J connectivity index is 4.31. The zero-order chi connectivity index (χ0) is 8.91. The molecule has 0 aliphatic heterocycles. The van der Waals surface area contributed by atoms with Gasteiger partial charge in [0.1, 0.15) is 8.24 Å². The zero-order valence-electron chi connectivity index (χ0n) is 8.35. The van der Waals surface area contributed by atoms with E-state index in [0.29, 0.717) is 0 Å². The molecule has 0 fully saturated rings. The van der Waals surface area contributed by atoms with Crippen LogP contribution in [0.3, 0.4) is 0 Å². The van der Waals surface area contributed by atoms with Crippen molar-refractivity contribution in [2.24, 2.45) is 0 Å². The molecule has 0 aromatic heterocycles. The highest BCUT2D eigenvalue weighted by Gasteiger charge is 2.26. The number of hydrogen-bond donors (Lipinski definition) is 0. The van der Waals surface area contributed by atoms with Crippen LogP contribution >= 0.6 is 0 Å². The molecule has 0 aromatic carbocycles. The van der Waals surface area contributed by atoms with Crippen molar-refractivity contribution >= 4 is 8.24 Å². The molecule has 1 nitrogen and oxygen atoms in total. The van der Waals surface area contributed by atoms with Crippen LogP contribution in [0.15, 0.2) is 12.3 Å². The molecule has 0 rings (SSSR count). The second-order valence-corrected chi connectivity index (χ2v) is 7.55. The molecule has 66 valence electrons. The Morgan fingerprint density at radius 1 is 1.27 bits per heavy atom. The van der Waals surface area contributed by atoms with Crippen LogP contribution in [-0.4, -0.2) is 25.9 Å². The molecular weight excluding hydrogens is 150 g/mol. The minimum Gasteiger partial charge on any atom is -0.321 e. The van der Waals surface area contributed by atoms with E-state index in [1.54, 1.807) is 0 Å². The van der Waals surface area contributed by atoms with Crippen LogP contribution in [0.5, 0.6) is 0 Å². The minimum atomic E-state index is -1.23. The van der Waals surface area contributed by atoms with Crippen LogP contribution < -0.4 is 0 Å². The van der Waals surface area contributed by atoms with Crippen molar-refractivity contribution in [2.45, 2.75) is 33.4 Å². The van der Waals surface area contributed by atoms with E-state index >= 15 is 0 Å². The van der Waals surface area contributed by atoms with Crippen LogP contribution in [0.4, 0.5) is 0 Å². The van der Waals surface area contributed by atoms with Gasteiger partial charge in [-0.15, -0.1) is 6.58 Å². The van der Waals surface area contributed by atoms with Gasteiger partial charge in [-0.3, -0.25) is 0 Å². The number of hydrogen-bond acceptors (Lipinski definition) is 1. The Hall–Kier alpha value is -0.0831. The van der Waals surface area contributed by atoms with Gasteiger partial charge in [0.25, 0.3) is 0 Å². The molecule has 0 amide bonds. The summed E-state index contributed by atoms with van der Waals surface area (Å²) in [7, 11) is -1.23. The average molecular weight is 171 g/mol. The van der Waals surface area contributed by atoms with Crippen LogP contribution in [0.1, 0.15) is 20.8 Å². The first kappa shape index (κ1) is 10.9. The third-order valence-electron chi connectivity index (χ3n) is 2.64. The maximum absolute atomic E-state index is 3.94. The van der Waals surface area contributed by atoms with Gasteiger partial charge in [0.2, 0.25) is 0 Å². The van der Waals surface area contributed by atoms with E-state index in [9.17, 15) is 0 Å². The van der Waals surface area contributed by atoms with Crippen molar-refractivity contribution in [3.8, 4) is 0 Å². The summed E-state index contributed by atoms with van der Waals surface area (Å²) in [5, 5.41) is 0. The summed E-state index contributed by atoms with van der Waals surface area (Å²) < 4.78 is 2.57. The van der Waals surface area contributed by atoms with Crippen LogP contribution in [-0.2, 0) is 0 Å². The van der Waals surface area contributed by atoms with E-state index < -0.39 is 8.24 Å². The van der Waals surface area contributed by atoms with Gasteiger partial charge >= 0.3 is 0 Å². The van der Waals surface area contributed by atoms with Crippen molar-refractivity contribution in [1.82, 2.24) is 4.57 Å². The first-order valence-corrected chi connectivity index (χ1v) is 7.26. The highest BCUT2D eigenvalue weighted by atomic mass is 28.3. The quantitative estimate of drug-likeness (QED) is 0.575. The van der Waals surface area contributed by atoms with E-state index in [4.69, 9.17) is 0 Å². The summed E-state index contributed by atoms with van der Waals surface area (Å²) in [5.74, 6) is 0. The van der Waals surface area contributed by atoms with Crippen LogP contribution in [0, 0.1) is 0 Å². The maximum Gasteiger partial charge on any atom is 0.149 e. The molecule has 2 heteroatoms. The lowest BCUT2D eigenvalue weighted by Gasteiger charge is -2.34. The molecule has 0 aliphatic rings. The standard InChI is InChI=1S/C9H21NSi/c1-6-10(7-2)11(5,8-3)9-4/h8H,3,6-7,9H2,1-2,4-5H3. The summed E-state index contributed by atoms with van der Waals surface area (Å²) in [6, 6.07) is 1.28. The van der Waals surface area contributed by atoms with Crippen molar-refractivity contribution < 1.29 is 0 Å². The number of nitrogens with zero attached hydrogens (tertiary/aromatic N) is 1. The van der Waals surface area contributed by atoms with Gasteiger partial charge in [0.05, 0.1) is 0 Å². The zero-order valence-corrected chi connectivity index (χ0v) is 9.35. The summed E-state index contributed by atoms with van der Waals surface area (Å²) in [4.78, 5) is 0. The van der Waals surface area contributed by atoms with Gasteiger partial charge in [0, 0.05) is 0 Å². The van der Waals surface area contributed by atoms with Crippen molar-refractivity contribution in [1.29, 1.82) is 0 Å². The molecule has 1 unspecified atom stereocenters. The van der Waals surface area contributed by atoms with Gasteiger partial charge in [-0.1, -0.05) is 33.0 Å². The monoisotopic (exact) mass is 171 g/mol. The molecule has 0 heterocycles. The van der Waals surface area contributed by atoms with Crippen molar-refractivity contribution in [3.05, 3.63) is 12.3 Å². The average Bonchev–Trinajstić information content (AvgIpc) is 2.06. The lowest BCUT2D eigenvalue weighted by Crippen LogP contribution is -2.48. The molecule has 11 heavy (non-hydrogen) atoms. The first-order valence-electron chi connectivity index (χ1n) is 4.53. The molecule has 0 radical (unpaired) electrons. The third kappa shape index (κ3) is 2.45. The van der Waals surface area contributed by atoms with E-state index in [2.05, 4.69) is 44.2 Å². The highest BCUT2D eigenvalue weighted by molar-refractivity contribution is 6.80. The Morgan fingerprint density at radius 3 is 1.82 bits per heavy atom. The molecule has 1 atom stereocenters.